The van der Waals surface area contributed by atoms with Crippen LogP contribution in [0, 0.1) is 5.92 Å². The molecule has 1 heterocycles. The predicted octanol–water partition coefficient (Wildman–Crippen LogP) is 2.61. The maximum Gasteiger partial charge on any atom is 0.211 e. The van der Waals surface area contributed by atoms with Gasteiger partial charge in [-0.15, -0.1) is 0 Å². The molecule has 1 saturated heterocycles. The number of hydrogen-bond donors (Lipinski definition) is 1. The Bertz CT molecular complexity index is 357. The minimum absolute atomic E-state index is 0.469. The number of hydrogen-bond acceptors (Lipinski definition) is 3. The highest BCUT2D eigenvalue weighted by Gasteiger charge is 2.25. The Morgan fingerprint density at radius 1 is 1.30 bits per heavy atom. The van der Waals surface area contributed by atoms with Crippen LogP contribution < -0.4 is 5.32 Å². The van der Waals surface area contributed by atoms with Crippen molar-refractivity contribution in [3.8, 4) is 0 Å². The van der Waals surface area contributed by atoms with Crippen molar-refractivity contribution in [1.82, 2.24) is 9.62 Å². The molecule has 4 nitrogen and oxygen atoms in total. The van der Waals surface area contributed by atoms with Gasteiger partial charge < -0.3 is 5.32 Å². The molecule has 1 fully saturated rings. The lowest BCUT2D eigenvalue weighted by atomic mass is 9.99. The monoisotopic (exact) mass is 304 g/mol. The lowest BCUT2D eigenvalue weighted by Gasteiger charge is -2.31. The Balaban J connectivity index is 2.20. The molecule has 0 radical (unpaired) electrons. The molecule has 120 valence electrons. The lowest BCUT2D eigenvalue weighted by molar-refractivity contribution is 0.255. The van der Waals surface area contributed by atoms with Crippen molar-refractivity contribution >= 4 is 10.0 Å². The van der Waals surface area contributed by atoms with Crippen molar-refractivity contribution in [2.24, 2.45) is 5.92 Å². The maximum absolute atomic E-state index is 11.6. The SMILES string of the molecule is CCCCCCC(C)NCC1CCCN(S(C)(=O)=O)C1. The van der Waals surface area contributed by atoms with Gasteiger partial charge in [0.1, 0.15) is 0 Å². The van der Waals surface area contributed by atoms with E-state index in [0.717, 1.165) is 19.4 Å². The summed E-state index contributed by atoms with van der Waals surface area (Å²) >= 11 is 0. The van der Waals surface area contributed by atoms with E-state index in [1.165, 1.54) is 38.4 Å². The molecule has 1 rings (SSSR count). The maximum atomic E-state index is 11.6. The summed E-state index contributed by atoms with van der Waals surface area (Å²) in [6.07, 6.45) is 9.91. The van der Waals surface area contributed by atoms with Crippen molar-refractivity contribution in [1.29, 1.82) is 0 Å². The second-order valence-electron chi connectivity index (χ2n) is 6.29. The number of nitrogens with zero attached hydrogens (tertiary/aromatic N) is 1. The quantitative estimate of drug-likeness (QED) is 0.666. The van der Waals surface area contributed by atoms with Gasteiger partial charge in [0, 0.05) is 19.1 Å². The van der Waals surface area contributed by atoms with Gasteiger partial charge in [0.2, 0.25) is 10.0 Å². The molecule has 0 bridgehead atoms. The normalized spacial score (nSPS) is 22.9. The highest BCUT2D eigenvalue weighted by atomic mass is 32.2. The molecule has 0 saturated carbocycles. The molecule has 1 N–H and O–H groups in total. The summed E-state index contributed by atoms with van der Waals surface area (Å²) in [6.45, 7) is 6.80. The van der Waals surface area contributed by atoms with Crippen molar-refractivity contribution in [3.05, 3.63) is 0 Å². The smallest absolute Gasteiger partial charge is 0.211 e. The summed E-state index contributed by atoms with van der Waals surface area (Å²) in [4.78, 5) is 0. The van der Waals surface area contributed by atoms with E-state index < -0.39 is 10.0 Å². The molecule has 0 aromatic rings. The Labute approximate surface area is 125 Å². The fraction of sp³-hybridized carbons (Fsp3) is 1.00. The molecule has 20 heavy (non-hydrogen) atoms. The second kappa shape index (κ2) is 9.00. The van der Waals surface area contributed by atoms with E-state index in [-0.39, 0.29) is 0 Å². The van der Waals surface area contributed by atoms with E-state index >= 15 is 0 Å². The molecule has 0 spiro atoms. The first-order valence-electron chi connectivity index (χ1n) is 8.12. The van der Waals surface area contributed by atoms with Crippen molar-refractivity contribution < 1.29 is 8.42 Å². The molecular weight excluding hydrogens is 272 g/mol. The molecule has 0 aliphatic carbocycles. The van der Waals surface area contributed by atoms with Gasteiger partial charge in [0.25, 0.3) is 0 Å². The Morgan fingerprint density at radius 3 is 2.70 bits per heavy atom. The van der Waals surface area contributed by atoms with Crippen LogP contribution in [0.2, 0.25) is 0 Å². The van der Waals surface area contributed by atoms with Crippen molar-refractivity contribution in [3.63, 3.8) is 0 Å². The van der Waals surface area contributed by atoms with Crippen LogP contribution in [0.25, 0.3) is 0 Å². The largest absolute Gasteiger partial charge is 0.314 e. The predicted molar refractivity (Wildman–Crippen MR) is 85.4 cm³/mol. The number of nitrogens with one attached hydrogen (secondary N) is 1. The van der Waals surface area contributed by atoms with Crippen LogP contribution in [-0.4, -0.2) is 44.7 Å². The Hall–Kier alpha value is -0.130. The van der Waals surface area contributed by atoms with Gasteiger partial charge in [-0.1, -0.05) is 32.6 Å². The molecular formula is C15H32N2O2S. The van der Waals surface area contributed by atoms with Crippen molar-refractivity contribution in [2.75, 3.05) is 25.9 Å². The van der Waals surface area contributed by atoms with Gasteiger partial charge in [-0.05, 0) is 38.6 Å². The van der Waals surface area contributed by atoms with E-state index in [4.69, 9.17) is 0 Å². The van der Waals surface area contributed by atoms with Gasteiger partial charge in [0.05, 0.1) is 6.26 Å². The standard InChI is InChI=1S/C15H32N2O2S/c1-4-5-6-7-9-14(2)16-12-15-10-8-11-17(13-15)20(3,18)19/h14-16H,4-13H2,1-3H3. The van der Waals surface area contributed by atoms with E-state index in [9.17, 15) is 8.42 Å². The summed E-state index contributed by atoms with van der Waals surface area (Å²) in [5.74, 6) is 0.469. The number of sulfonamides is 1. The third-order valence-corrected chi connectivity index (χ3v) is 5.47. The highest BCUT2D eigenvalue weighted by Crippen LogP contribution is 2.18. The number of unbranched alkanes of at least 4 members (excludes halogenated alkanes) is 3. The molecule has 1 aliphatic heterocycles. The zero-order valence-electron chi connectivity index (χ0n) is 13.4. The molecule has 0 aromatic carbocycles. The zero-order valence-corrected chi connectivity index (χ0v) is 14.2. The molecule has 0 amide bonds. The van der Waals surface area contributed by atoms with Gasteiger partial charge in [-0.25, -0.2) is 12.7 Å². The summed E-state index contributed by atoms with van der Waals surface area (Å²) in [7, 11) is -3.01. The minimum Gasteiger partial charge on any atom is -0.314 e. The Kier molecular flexibility index (Phi) is 8.07. The topological polar surface area (TPSA) is 49.4 Å². The minimum atomic E-state index is -3.01. The van der Waals surface area contributed by atoms with Gasteiger partial charge in [0.15, 0.2) is 0 Å². The molecule has 0 aromatic heterocycles. The van der Waals surface area contributed by atoms with Gasteiger partial charge >= 0.3 is 0 Å². The summed E-state index contributed by atoms with van der Waals surface area (Å²) in [6, 6.07) is 0.542. The van der Waals surface area contributed by atoms with Crippen LogP contribution in [0.3, 0.4) is 0 Å². The summed E-state index contributed by atoms with van der Waals surface area (Å²) < 4.78 is 24.8. The van der Waals surface area contributed by atoms with E-state index in [2.05, 4.69) is 19.2 Å². The lowest BCUT2D eigenvalue weighted by Crippen LogP contribution is -2.43. The molecule has 5 heteroatoms. The molecule has 1 aliphatic rings. The number of rotatable bonds is 9. The fourth-order valence-corrected chi connectivity index (χ4v) is 3.78. The molecule has 2 unspecified atom stereocenters. The van der Waals surface area contributed by atoms with Crippen LogP contribution in [0.5, 0.6) is 0 Å². The first kappa shape index (κ1) is 17.9. The Morgan fingerprint density at radius 2 is 2.05 bits per heavy atom. The van der Waals surface area contributed by atoms with Crippen LogP contribution >= 0.6 is 0 Å². The van der Waals surface area contributed by atoms with E-state index in [1.807, 2.05) is 0 Å². The average molecular weight is 305 g/mol. The third kappa shape index (κ3) is 7.04. The average Bonchev–Trinajstić information content (AvgIpc) is 2.41. The van der Waals surface area contributed by atoms with Crippen LogP contribution in [0.4, 0.5) is 0 Å². The highest BCUT2D eigenvalue weighted by molar-refractivity contribution is 7.88. The summed E-state index contributed by atoms with van der Waals surface area (Å²) in [5, 5.41) is 3.58. The van der Waals surface area contributed by atoms with Crippen molar-refractivity contribution in [2.45, 2.75) is 64.8 Å². The van der Waals surface area contributed by atoms with Crippen LogP contribution in [0.1, 0.15) is 58.8 Å². The van der Waals surface area contributed by atoms with E-state index in [0.29, 0.717) is 25.0 Å². The van der Waals surface area contributed by atoms with Crippen LogP contribution in [0.15, 0.2) is 0 Å². The summed E-state index contributed by atoms with van der Waals surface area (Å²) in [5.41, 5.74) is 0. The van der Waals surface area contributed by atoms with Gasteiger partial charge in [-0.2, -0.15) is 0 Å². The second-order valence-corrected chi connectivity index (χ2v) is 8.27. The molecule has 2 atom stereocenters. The van der Waals surface area contributed by atoms with E-state index in [1.54, 1.807) is 4.31 Å². The van der Waals surface area contributed by atoms with Crippen LogP contribution in [-0.2, 0) is 10.0 Å². The fourth-order valence-electron chi connectivity index (χ4n) is 2.84. The zero-order chi connectivity index (χ0) is 15.0. The van der Waals surface area contributed by atoms with Gasteiger partial charge in [-0.3, -0.25) is 0 Å². The third-order valence-electron chi connectivity index (χ3n) is 4.20. The first-order valence-corrected chi connectivity index (χ1v) is 9.96. The first-order chi connectivity index (χ1) is 9.43. The number of piperidine rings is 1.